The van der Waals surface area contributed by atoms with E-state index in [2.05, 4.69) is 84.9 Å². The number of ether oxygens (including phenoxy) is 4. The van der Waals surface area contributed by atoms with Crippen LogP contribution in [-0.2, 0) is 13.2 Å². The Balaban J connectivity index is 0.981. The second-order valence-electron chi connectivity index (χ2n) is 14.5. The summed E-state index contributed by atoms with van der Waals surface area (Å²) in [7, 11) is 0. The molecule has 7 nitrogen and oxygen atoms in total. The van der Waals surface area contributed by atoms with E-state index < -0.39 is 4.92 Å². The average Bonchev–Trinajstić information content (AvgIpc) is 3.29. The van der Waals surface area contributed by atoms with Crippen molar-refractivity contribution in [3.05, 3.63) is 221 Å². The number of fused-ring (bicyclic) bond motifs is 2. The molecule has 0 aliphatic heterocycles. The number of nitrogens with zero attached hydrogens (tertiary/aromatic N) is 1. The molecule has 0 atom stereocenters. The number of nitro groups is 1. The fourth-order valence-corrected chi connectivity index (χ4v) is 7.50. The van der Waals surface area contributed by atoms with Crippen LogP contribution in [0.5, 0.6) is 34.5 Å². The van der Waals surface area contributed by atoms with Gasteiger partial charge in [-0.2, -0.15) is 0 Å². The zero-order valence-electron chi connectivity index (χ0n) is 32.8. The van der Waals surface area contributed by atoms with Gasteiger partial charge in [-0.05, 0) is 104 Å². The van der Waals surface area contributed by atoms with Gasteiger partial charge in [-0.3, -0.25) is 10.1 Å². The zero-order valence-corrected chi connectivity index (χ0v) is 32.8. The lowest BCUT2D eigenvalue weighted by Crippen LogP contribution is -1.99. The van der Waals surface area contributed by atoms with Crippen molar-refractivity contribution in [2.45, 2.75) is 20.1 Å². The van der Waals surface area contributed by atoms with Gasteiger partial charge in [0.15, 0.2) is 0 Å². The summed E-state index contributed by atoms with van der Waals surface area (Å²) in [6.07, 6.45) is 0. The van der Waals surface area contributed by atoms with Gasteiger partial charge >= 0.3 is 5.69 Å². The lowest BCUT2D eigenvalue weighted by molar-refractivity contribution is -0.386. The number of hydrogen-bond donors (Lipinski definition) is 0. The van der Waals surface area contributed by atoms with Gasteiger partial charge in [-0.1, -0.05) is 140 Å². The van der Waals surface area contributed by atoms with Crippen LogP contribution in [0.15, 0.2) is 194 Å². The van der Waals surface area contributed by atoms with Crippen LogP contribution in [0, 0.1) is 17.0 Å². The van der Waals surface area contributed by atoms with Gasteiger partial charge in [0.2, 0.25) is 5.75 Å². The van der Waals surface area contributed by atoms with Gasteiger partial charge in [-0.15, -0.1) is 0 Å². The van der Waals surface area contributed by atoms with Gasteiger partial charge in [-0.25, -0.2) is 0 Å². The minimum atomic E-state index is -0.450. The standard InChI is InChI=1S/C53H39NO6/c1-36-20-25-43(32-50(36)57-34-37-12-4-2-5-13-37)59-41-26-21-39(22-27-41)52-45-16-8-10-18-47(45)53(48-19-11-9-17-46(48)52)40-23-28-42(29-24-40)60-44-30-31-49(54(55)56)51(33-44)58-35-38-14-6-3-7-15-38/h2-33H,34-35H2,1H3. The normalized spacial score (nSPS) is 11.0. The molecule has 0 saturated carbocycles. The smallest absolute Gasteiger partial charge is 0.311 e. The van der Waals surface area contributed by atoms with Crippen molar-refractivity contribution in [3.8, 4) is 56.8 Å². The van der Waals surface area contributed by atoms with Gasteiger partial charge < -0.3 is 18.9 Å². The maximum atomic E-state index is 11.8. The van der Waals surface area contributed by atoms with Crippen molar-refractivity contribution >= 4 is 27.2 Å². The van der Waals surface area contributed by atoms with Crippen LogP contribution in [0.25, 0.3) is 43.8 Å². The molecular weight excluding hydrogens is 747 g/mol. The maximum absolute atomic E-state index is 11.8. The highest BCUT2D eigenvalue weighted by atomic mass is 16.6. The Labute approximate surface area is 347 Å². The lowest BCUT2D eigenvalue weighted by atomic mass is 9.86. The van der Waals surface area contributed by atoms with Crippen LogP contribution in [0.3, 0.4) is 0 Å². The molecule has 0 saturated heterocycles. The summed E-state index contributed by atoms with van der Waals surface area (Å²) in [6.45, 7) is 2.71. The largest absolute Gasteiger partial charge is 0.488 e. The highest BCUT2D eigenvalue weighted by Crippen LogP contribution is 2.44. The Kier molecular flexibility index (Phi) is 10.6. The molecule has 0 N–H and O–H groups in total. The third-order valence-corrected chi connectivity index (χ3v) is 10.5. The Hall–Kier alpha value is -7.90. The van der Waals surface area contributed by atoms with Gasteiger partial charge in [0.25, 0.3) is 0 Å². The summed E-state index contributed by atoms with van der Waals surface area (Å²) in [4.78, 5) is 11.3. The molecule has 0 fully saturated rings. The van der Waals surface area contributed by atoms with Crippen LogP contribution in [-0.4, -0.2) is 4.92 Å². The van der Waals surface area contributed by atoms with E-state index >= 15 is 0 Å². The van der Waals surface area contributed by atoms with Gasteiger partial charge in [0.05, 0.1) is 4.92 Å². The quantitative estimate of drug-likeness (QED) is 0.0658. The van der Waals surface area contributed by atoms with E-state index in [9.17, 15) is 10.1 Å². The summed E-state index contributed by atoms with van der Waals surface area (Å²) in [5.74, 6) is 3.40. The third kappa shape index (κ3) is 8.10. The molecule has 0 radical (unpaired) electrons. The molecule has 0 unspecified atom stereocenters. The van der Waals surface area contributed by atoms with Crippen molar-refractivity contribution in [2.75, 3.05) is 0 Å². The summed E-state index contributed by atoms with van der Waals surface area (Å²) in [5.41, 5.74) is 7.31. The van der Waals surface area contributed by atoms with Crippen LogP contribution >= 0.6 is 0 Å². The van der Waals surface area contributed by atoms with E-state index in [0.29, 0.717) is 23.9 Å². The number of rotatable bonds is 13. The van der Waals surface area contributed by atoms with Crippen LogP contribution in [0.4, 0.5) is 5.69 Å². The summed E-state index contributed by atoms with van der Waals surface area (Å²) in [6, 6.07) is 63.4. The van der Waals surface area contributed by atoms with E-state index in [1.807, 2.05) is 97.9 Å². The molecular formula is C53H39NO6. The van der Waals surface area contributed by atoms with E-state index in [1.165, 1.54) is 6.07 Å². The number of nitro benzene ring substituents is 1. The molecule has 60 heavy (non-hydrogen) atoms. The molecule has 0 aliphatic carbocycles. The lowest BCUT2D eigenvalue weighted by Gasteiger charge is -2.18. The molecule has 0 aromatic heterocycles. The second-order valence-corrected chi connectivity index (χ2v) is 14.5. The topological polar surface area (TPSA) is 80.1 Å². The first-order valence-corrected chi connectivity index (χ1v) is 19.7. The van der Waals surface area contributed by atoms with Crippen LogP contribution in [0.1, 0.15) is 16.7 Å². The predicted octanol–water partition coefficient (Wildman–Crippen LogP) is 14.3. The molecule has 0 bridgehead atoms. The molecule has 9 rings (SSSR count). The molecule has 292 valence electrons. The Morgan fingerprint density at radius 1 is 0.433 bits per heavy atom. The third-order valence-electron chi connectivity index (χ3n) is 10.5. The molecule has 9 aromatic carbocycles. The summed E-state index contributed by atoms with van der Waals surface area (Å²) >= 11 is 0. The zero-order chi connectivity index (χ0) is 40.8. The van der Waals surface area contributed by atoms with Crippen LogP contribution in [0.2, 0.25) is 0 Å². The van der Waals surface area contributed by atoms with Crippen LogP contribution < -0.4 is 18.9 Å². The fraction of sp³-hybridized carbons (Fsp3) is 0.0566. The number of hydrogen-bond acceptors (Lipinski definition) is 6. The SMILES string of the molecule is Cc1ccc(Oc2ccc(-c3c4ccccc4c(-c4ccc(Oc5ccc([N+](=O)[O-])c(OCc6ccccc6)c5)cc4)c4ccccc34)cc2)cc1OCc1ccccc1. The van der Waals surface area contributed by atoms with Crippen molar-refractivity contribution in [1.29, 1.82) is 0 Å². The van der Waals surface area contributed by atoms with Crippen molar-refractivity contribution in [1.82, 2.24) is 0 Å². The molecule has 0 heterocycles. The highest BCUT2D eigenvalue weighted by Gasteiger charge is 2.19. The first-order chi connectivity index (χ1) is 29.5. The van der Waals surface area contributed by atoms with E-state index in [1.54, 1.807) is 12.1 Å². The first-order valence-electron chi connectivity index (χ1n) is 19.7. The summed E-state index contributed by atoms with van der Waals surface area (Å²) < 4.78 is 24.6. The molecule has 0 spiro atoms. The molecule has 0 aliphatic rings. The Morgan fingerprint density at radius 3 is 1.27 bits per heavy atom. The predicted molar refractivity (Wildman–Crippen MR) is 238 cm³/mol. The van der Waals surface area contributed by atoms with E-state index in [-0.39, 0.29) is 18.0 Å². The molecule has 9 aromatic rings. The highest BCUT2D eigenvalue weighted by molar-refractivity contribution is 6.21. The Morgan fingerprint density at radius 2 is 0.817 bits per heavy atom. The number of aryl methyl sites for hydroxylation is 1. The maximum Gasteiger partial charge on any atom is 0.311 e. The first kappa shape index (κ1) is 37.7. The Bertz CT molecular complexity index is 2890. The number of benzene rings is 9. The van der Waals surface area contributed by atoms with Crippen molar-refractivity contribution in [2.24, 2.45) is 0 Å². The monoisotopic (exact) mass is 785 g/mol. The fourth-order valence-electron chi connectivity index (χ4n) is 7.50. The molecule has 7 heteroatoms. The second kappa shape index (κ2) is 16.9. The minimum Gasteiger partial charge on any atom is -0.488 e. The van der Waals surface area contributed by atoms with Gasteiger partial charge in [0, 0.05) is 18.2 Å². The van der Waals surface area contributed by atoms with Gasteiger partial charge in [0.1, 0.15) is 42.0 Å². The summed E-state index contributed by atoms with van der Waals surface area (Å²) in [5, 5.41) is 16.3. The van der Waals surface area contributed by atoms with E-state index in [4.69, 9.17) is 18.9 Å². The van der Waals surface area contributed by atoms with Crippen molar-refractivity contribution in [3.63, 3.8) is 0 Å². The minimum absolute atomic E-state index is 0.123. The molecule has 0 amide bonds. The van der Waals surface area contributed by atoms with Crippen molar-refractivity contribution < 1.29 is 23.9 Å². The average molecular weight is 786 g/mol. The van der Waals surface area contributed by atoms with E-state index in [0.717, 1.165) is 72.0 Å².